The molecule has 2 aliphatic heterocycles. The highest BCUT2D eigenvalue weighted by atomic mass is 19.1. The summed E-state index contributed by atoms with van der Waals surface area (Å²) in [7, 11) is 0. The van der Waals surface area contributed by atoms with E-state index in [4.69, 9.17) is 9.47 Å². The van der Waals surface area contributed by atoms with Gasteiger partial charge >= 0.3 is 6.03 Å². The Hall–Kier alpha value is -3.62. The van der Waals surface area contributed by atoms with Crippen LogP contribution in [0.5, 0.6) is 11.5 Å². The zero-order chi connectivity index (χ0) is 19.7. The largest absolute Gasteiger partial charge is 0.486 e. The number of carbonyl (C=O) groups is 3. The number of hydrogen-bond donors (Lipinski definition) is 2. The highest BCUT2D eigenvalue weighted by Gasteiger charge is 2.39. The second kappa shape index (κ2) is 7.18. The minimum atomic E-state index is -0.949. The van der Waals surface area contributed by atoms with Gasteiger partial charge in [-0.3, -0.25) is 14.5 Å². The van der Waals surface area contributed by atoms with Crippen LogP contribution in [0.25, 0.3) is 0 Å². The summed E-state index contributed by atoms with van der Waals surface area (Å²) in [5.41, 5.74) is 0.894. The molecule has 0 saturated carbocycles. The lowest BCUT2D eigenvalue weighted by atomic mass is 10.1. The molecule has 144 valence electrons. The Labute approximate surface area is 159 Å². The Bertz CT molecular complexity index is 947. The minimum absolute atomic E-state index is 0.414. The maximum atomic E-state index is 13.1. The highest BCUT2D eigenvalue weighted by molar-refractivity contribution is 6.08. The van der Waals surface area contributed by atoms with Gasteiger partial charge in [0.15, 0.2) is 11.5 Å². The van der Waals surface area contributed by atoms with Gasteiger partial charge in [0.05, 0.1) is 0 Å². The number of imide groups is 1. The number of anilines is 1. The van der Waals surface area contributed by atoms with Gasteiger partial charge in [0.2, 0.25) is 5.91 Å². The first-order valence-corrected chi connectivity index (χ1v) is 8.58. The van der Waals surface area contributed by atoms with E-state index >= 15 is 0 Å². The van der Waals surface area contributed by atoms with E-state index in [9.17, 15) is 18.8 Å². The Morgan fingerprint density at radius 2 is 1.82 bits per heavy atom. The zero-order valence-corrected chi connectivity index (χ0v) is 14.6. The summed E-state index contributed by atoms with van der Waals surface area (Å²) >= 11 is 0. The van der Waals surface area contributed by atoms with E-state index < -0.39 is 36.2 Å². The van der Waals surface area contributed by atoms with Crippen LogP contribution in [0.15, 0.2) is 42.5 Å². The zero-order valence-electron chi connectivity index (χ0n) is 14.6. The second-order valence-electron chi connectivity index (χ2n) is 6.27. The van der Waals surface area contributed by atoms with Crippen LogP contribution in [0.1, 0.15) is 11.6 Å². The molecule has 0 radical (unpaired) electrons. The summed E-state index contributed by atoms with van der Waals surface area (Å²) in [5.74, 6) is -0.471. The summed E-state index contributed by atoms with van der Waals surface area (Å²) in [5, 5.41) is 5.12. The number of nitrogens with one attached hydrogen (secondary N) is 2. The summed E-state index contributed by atoms with van der Waals surface area (Å²) in [4.78, 5) is 37.8. The molecule has 4 rings (SSSR count). The molecule has 4 amide bonds. The number of fused-ring (bicyclic) bond motifs is 1. The molecule has 1 saturated heterocycles. The van der Waals surface area contributed by atoms with Crippen LogP contribution < -0.4 is 20.1 Å². The Kier molecular flexibility index (Phi) is 4.56. The van der Waals surface area contributed by atoms with Crippen molar-refractivity contribution in [2.24, 2.45) is 0 Å². The van der Waals surface area contributed by atoms with E-state index in [1.54, 1.807) is 18.2 Å². The van der Waals surface area contributed by atoms with Gasteiger partial charge in [-0.15, -0.1) is 0 Å². The average Bonchev–Trinajstić information content (AvgIpc) is 2.97. The molecule has 2 aliphatic rings. The third kappa shape index (κ3) is 3.46. The van der Waals surface area contributed by atoms with Crippen molar-refractivity contribution in [2.45, 2.75) is 6.04 Å². The quantitative estimate of drug-likeness (QED) is 0.783. The average molecular weight is 385 g/mol. The number of hydrogen-bond acceptors (Lipinski definition) is 5. The molecule has 0 spiro atoms. The van der Waals surface area contributed by atoms with Gasteiger partial charge < -0.3 is 20.1 Å². The molecule has 9 heteroatoms. The van der Waals surface area contributed by atoms with Crippen molar-refractivity contribution in [3.8, 4) is 11.5 Å². The van der Waals surface area contributed by atoms with Crippen molar-refractivity contribution in [1.29, 1.82) is 0 Å². The van der Waals surface area contributed by atoms with E-state index in [0.29, 0.717) is 36.0 Å². The van der Waals surface area contributed by atoms with Crippen molar-refractivity contribution in [3.63, 3.8) is 0 Å². The SMILES string of the molecule is O=C(CN1C(=O)N[C@@H](c2ccc(F)cc2)C1=O)Nc1ccc2c(c1)OCCO2. The first kappa shape index (κ1) is 17.8. The van der Waals surface area contributed by atoms with Gasteiger partial charge in [0.1, 0.15) is 31.6 Å². The van der Waals surface area contributed by atoms with E-state index in [0.717, 1.165) is 4.90 Å². The highest BCUT2D eigenvalue weighted by Crippen LogP contribution is 2.32. The van der Waals surface area contributed by atoms with Crippen LogP contribution in [0, 0.1) is 5.82 Å². The van der Waals surface area contributed by atoms with Crippen molar-refractivity contribution in [1.82, 2.24) is 10.2 Å². The number of halogens is 1. The molecule has 28 heavy (non-hydrogen) atoms. The molecule has 2 N–H and O–H groups in total. The van der Waals surface area contributed by atoms with Crippen molar-refractivity contribution in [2.75, 3.05) is 25.1 Å². The fourth-order valence-corrected chi connectivity index (χ4v) is 3.02. The van der Waals surface area contributed by atoms with Crippen LogP contribution in [0.2, 0.25) is 0 Å². The number of benzene rings is 2. The van der Waals surface area contributed by atoms with Gasteiger partial charge in [0, 0.05) is 11.8 Å². The molecule has 0 aliphatic carbocycles. The maximum Gasteiger partial charge on any atom is 0.325 e. The predicted molar refractivity (Wildman–Crippen MR) is 95.4 cm³/mol. The molecule has 2 heterocycles. The number of nitrogens with zero attached hydrogens (tertiary/aromatic N) is 1. The van der Waals surface area contributed by atoms with E-state index in [1.807, 2.05) is 0 Å². The second-order valence-corrected chi connectivity index (χ2v) is 6.27. The topological polar surface area (TPSA) is 97.0 Å². The number of amides is 4. The lowest BCUT2D eigenvalue weighted by Crippen LogP contribution is -2.38. The van der Waals surface area contributed by atoms with Crippen molar-refractivity contribution in [3.05, 3.63) is 53.8 Å². The molecule has 2 aromatic carbocycles. The molecule has 0 bridgehead atoms. The molecule has 2 aromatic rings. The Morgan fingerprint density at radius 3 is 2.57 bits per heavy atom. The summed E-state index contributed by atoms with van der Waals surface area (Å²) in [6.45, 7) is 0.425. The van der Waals surface area contributed by atoms with E-state index in [-0.39, 0.29) is 0 Å². The lowest BCUT2D eigenvalue weighted by Gasteiger charge is -2.19. The third-order valence-corrected chi connectivity index (χ3v) is 4.36. The molecule has 0 aromatic heterocycles. The van der Waals surface area contributed by atoms with E-state index in [2.05, 4.69) is 10.6 Å². The monoisotopic (exact) mass is 385 g/mol. The molecule has 8 nitrogen and oxygen atoms in total. The number of carbonyl (C=O) groups excluding carboxylic acids is 3. The number of ether oxygens (including phenoxy) is 2. The van der Waals surface area contributed by atoms with Gasteiger partial charge in [-0.05, 0) is 29.8 Å². The normalized spacial score (nSPS) is 18.0. The minimum Gasteiger partial charge on any atom is -0.486 e. The first-order chi connectivity index (χ1) is 13.5. The fourth-order valence-electron chi connectivity index (χ4n) is 3.02. The van der Waals surface area contributed by atoms with Crippen LogP contribution in [-0.4, -0.2) is 42.5 Å². The standard InChI is InChI=1S/C19H16FN3O5/c20-12-3-1-11(2-4-12)17-18(25)23(19(26)22-17)10-16(24)21-13-5-6-14-15(9-13)28-8-7-27-14/h1-6,9,17H,7-8,10H2,(H,21,24)(H,22,26)/t17-/m0/s1. The van der Waals surface area contributed by atoms with Crippen LogP contribution in [0.3, 0.4) is 0 Å². The fraction of sp³-hybridized carbons (Fsp3) is 0.211. The van der Waals surface area contributed by atoms with Crippen LogP contribution in [-0.2, 0) is 9.59 Å². The number of rotatable bonds is 4. The molecular weight excluding hydrogens is 369 g/mol. The van der Waals surface area contributed by atoms with Crippen LogP contribution >= 0.6 is 0 Å². The smallest absolute Gasteiger partial charge is 0.325 e. The van der Waals surface area contributed by atoms with Gasteiger partial charge in [-0.2, -0.15) is 0 Å². The first-order valence-electron chi connectivity index (χ1n) is 8.58. The summed E-state index contributed by atoms with van der Waals surface area (Å²) in [6.07, 6.45) is 0. The lowest BCUT2D eigenvalue weighted by molar-refractivity contribution is -0.130. The molecule has 1 atom stereocenters. The maximum absolute atomic E-state index is 13.1. The van der Waals surface area contributed by atoms with Gasteiger partial charge in [-0.1, -0.05) is 12.1 Å². The van der Waals surface area contributed by atoms with Crippen LogP contribution in [0.4, 0.5) is 14.9 Å². The van der Waals surface area contributed by atoms with Gasteiger partial charge in [-0.25, -0.2) is 9.18 Å². The summed E-state index contributed by atoms with van der Waals surface area (Å²) < 4.78 is 23.9. The third-order valence-electron chi connectivity index (χ3n) is 4.36. The predicted octanol–water partition coefficient (Wildman–Crippen LogP) is 1.83. The Morgan fingerprint density at radius 1 is 1.11 bits per heavy atom. The van der Waals surface area contributed by atoms with Crippen molar-refractivity contribution < 1.29 is 28.2 Å². The van der Waals surface area contributed by atoms with E-state index in [1.165, 1.54) is 24.3 Å². The van der Waals surface area contributed by atoms with Gasteiger partial charge in [0.25, 0.3) is 5.91 Å². The number of urea groups is 1. The van der Waals surface area contributed by atoms with Crippen molar-refractivity contribution >= 4 is 23.5 Å². The molecule has 0 unspecified atom stereocenters. The summed E-state index contributed by atoms with van der Waals surface area (Å²) in [6, 6.07) is 8.51. The molecular formula is C19H16FN3O5. The molecule has 1 fully saturated rings. The Balaban J connectivity index is 1.42.